The van der Waals surface area contributed by atoms with Gasteiger partial charge in [0.1, 0.15) is 6.04 Å². The first kappa shape index (κ1) is 32.1. The highest BCUT2D eigenvalue weighted by atomic mass is 35.5. The fourth-order valence-corrected chi connectivity index (χ4v) is 7.20. The molecule has 0 radical (unpaired) electrons. The molecule has 240 valence electrons. The molecule has 2 N–H and O–H groups in total. The Morgan fingerprint density at radius 1 is 0.978 bits per heavy atom. The Hall–Kier alpha value is -3.85. The Bertz CT molecular complexity index is 1730. The second-order valence-corrected chi connectivity index (χ2v) is 13.6. The Balaban J connectivity index is 1.22. The lowest BCUT2D eigenvalue weighted by molar-refractivity contribution is -0.131. The highest BCUT2D eigenvalue weighted by molar-refractivity contribution is 6.31. The fourth-order valence-electron chi connectivity index (χ4n) is 6.88. The molecule has 1 fully saturated rings. The number of nitrogens with one attached hydrogen (secondary N) is 2. The van der Waals surface area contributed by atoms with E-state index in [4.69, 9.17) is 23.2 Å². The average molecular weight is 661 g/mol. The number of rotatable bonds is 8. The second-order valence-electron chi connectivity index (χ2n) is 12.8. The number of aromatic nitrogens is 1. The number of hydrogen-bond donors (Lipinski definition) is 2. The van der Waals surface area contributed by atoms with Gasteiger partial charge in [-0.15, -0.1) is 0 Å². The number of aromatic amines is 1. The number of fused-ring (bicyclic) bond motifs is 2. The van der Waals surface area contributed by atoms with Gasteiger partial charge in [-0.25, -0.2) is 0 Å². The van der Waals surface area contributed by atoms with E-state index in [9.17, 15) is 14.4 Å². The van der Waals surface area contributed by atoms with Gasteiger partial charge in [0.05, 0.1) is 0 Å². The topological polar surface area (TPSA) is 88.8 Å². The summed E-state index contributed by atoms with van der Waals surface area (Å²) in [6.45, 7) is 2.31. The third-order valence-electron chi connectivity index (χ3n) is 9.13. The summed E-state index contributed by atoms with van der Waals surface area (Å²) >= 11 is 12.4. The molecule has 4 aromatic rings. The van der Waals surface area contributed by atoms with Crippen molar-refractivity contribution in [3.63, 3.8) is 0 Å². The smallest absolute Gasteiger partial charge is 0.253 e. The van der Waals surface area contributed by atoms with E-state index < -0.39 is 6.04 Å². The van der Waals surface area contributed by atoms with Gasteiger partial charge < -0.3 is 25.0 Å². The molecular weight excluding hydrogens is 621 g/mol. The normalized spacial score (nSPS) is 17.6. The number of piperidine rings is 1. The number of amides is 3. The van der Waals surface area contributed by atoms with E-state index in [1.165, 1.54) is 0 Å². The molecule has 2 aliphatic rings. The Labute approximate surface area is 279 Å². The Kier molecular flexibility index (Phi) is 9.68. The van der Waals surface area contributed by atoms with Gasteiger partial charge in [-0.2, -0.15) is 0 Å². The van der Waals surface area contributed by atoms with Gasteiger partial charge in [0.2, 0.25) is 11.8 Å². The summed E-state index contributed by atoms with van der Waals surface area (Å²) in [7, 11) is 4.07. The maximum atomic E-state index is 14.6. The van der Waals surface area contributed by atoms with E-state index in [2.05, 4.69) is 15.2 Å². The minimum absolute atomic E-state index is 0.0703. The van der Waals surface area contributed by atoms with E-state index in [-0.39, 0.29) is 29.6 Å². The summed E-state index contributed by atoms with van der Waals surface area (Å²) in [5, 5.41) is 5.41. The molecule has 0 saturated carbocycles. The van der Waals surface area contributed by atoms with Crippen molar-refractivity contribution in [2.24, 2.45) is 11.8 Å². The third-order valence-corrected chi connectivity index (χ3v) is 9.62. The average Bonchev–Trinajstić information content (AvgIpc) is 3.46. The van der Waals surface area contributed by atoms with Crippen LogP contribution in [0.1, 0.15) is 34.3 Å². The number of carbonyl (C=O) groups is 3. The molecular formula is C36H39Cl2N5O3. The van der Waals surface area contributed by atoms with Crippen molar-refractivity contribution >= 4 is 57.5 Å². The van der Waals surface area contributed by atoms with Crippen LogP contribution in [0, 0.1) is 11.8 Å². The van der Waals surface area contributed by atoms with Crippen LogP contribution in [0.25, 0.3) is 10.9 Å². The predicted octanol–water partition coefficient (Wildman–Crippen LogP) is 5.82. The van der Waals surface area contributed by atoms with E-state index in [0.717, 1.165) is 40.7 Å². The maximum Gasteiger partial charge on any atom is 0.253 e. The van der Waals surface area contributed by atoms with Gasteiger partial charge in [0.25, 0.3) is 5.91 Å². The van der Waals surface area contributed by atoms with Crippen molar-refractivity contribution in [2.45, 2.75) is 31.7 Å². The Morgan fingerprint density at radius 2 is 1.70 bits per heavy atom. The molecule has 0 spiro atoms. The first-order chi connectivity index (χ1) is 22.2. The van der Waals surface area contributed by atoms with E-state index >= 15 is 0 Å². The molecule has 1 aromatic heterocycles. The monoisotopic (exact) mass is 659 g/mol. The van der Waals surface area contributed by atoms with Crippen LogP contribution in [0.4, 0.5) is 5.69 Å². The van der Waals surface area contributed by atoms with Crippen LogP contribution in [-0.2, 0) is 22.4 Å². The summed E-state index contributed by atoms with van der Waals surface area (Å²) in [6, 6.07) is 19.7. The van der Waals surface area contributed by atoms with E-state index in [1.54, 1.807) is 29.2 Å². The molecule has 3 aromatic carbocycles. The number of hydrogen-bond acceptors (Lipinski definition) is 4. The van der Waals surface area contributed by atoms with Crippen LogP contribution in [0.15, 0.2) is 72.9 Å². The highest BCUT2D eigenvalue weighted by Gasteiger charge is 2.36. The van der Waals surface area contributed by atoms with Crippen LogP contribution in [-0.4, -0.2) is 78.8 Å². The summed E-state index contributed by atoms with van der Waals surface area (Å²) < 4.78 is 0. The van der Waals surface area contributed by atoms with Crippen LogP contribution in [0.2, 0.25) is 10.0 Å². The molecule has 2 atom stereocenters. The van der Waals surface area contributed by atoms with Gasteiger partial charge in [-0.3, -0.25) is 14.4 Å². The minimum Gasteiger partial charge on any atom is -0.361 e. The predicted molar refractivity (Wildman–Crippen MR) is 184 cm³/mol. The molecule has 2 aliphatic heterocycles. The summed E-state index contributed by atoms with van der Waals surface area (Å²) in [5.41, 5.74) is 4.41. The van der Waals surface area contributed by atoms with Crippen molar-refractivity contribution in [1.82, 2.24) is 20.1 Å². The van der Waals surface area contributed by atoms with Crippen LogP contribution >= 0.6 is 23.2 Å². The number of benzene rings is 3. The van der Waals surface area contributed by atoms with Gasteiger partial charge in [0, 0.05) is 76.9 Å². The number of anilines is 1. The third kappa shape index (κ3) is 7.09. The molecule has 0 bridgehead atoms. The number of carbonyl (C=O) groups excluding carboxylic acids is 3. The number of para-hydroxylation sites is 1. The van der Waals surface area contributed by atoms with Crippen LogP contribution in [0.3, 0.4) is 0 Å². The summed E-state index contributed by atoms with van der Waals surface area (Å²) in [4.78, 5) is 50.5. The van der Waals surface area contributed by atoms with Gasteiger partial charge in [-0.1, -0.05) is 41.4 Å². The van der Waals surface area contributed by atoms with Gasteiger partial charge in [0.15, 0.2) is 0 Å². The lowest BCUT2D eigenvalue weighted by Gasteiger charge is -2.38. The summed E-state index contributed by atoms with van der Waals surface area (Å²) in [6.07, 6.45) is 4.14. The lowest BCUT2D eigenvalue weighted by Crippen LogP contribution is -2.54. The summed E-state index contributed by atoms with van der Waals surface area (Å²) in [5.74, 6) is -0.451. The SMILES string of the molecule is CN(C)C[C@@H]1Cc2cc(Cl)ccc2N(C(=O)[C@@H](Cc2c[nH]c3ccccc23)NC(=O)C2CCN(C(=O)c3ccc(Cl)cc3)CC2)C1. The van der Waals surface area contributed by atoms with E-state index in [1.807, 2.05) is 67.7 Å². The lowest BCUT2D eigenvalue weighted by atomic mass is 9.90. The maximum absolute atomic E-state index is 14.6. The molecule has 0 unspecified atom stereocenters. The number of halogens is 2. The van der Waals surface area contributed by atoms with Crippen molar-refractivity contribution in [3.05, 3.63) is 99.7 Å². The molecule has 0 aliphatic carbocycles. The van der Waals surface area contributed by atoms with Crippen LogP contribution < -0.4 is 10.2 Å². The fraction of sp³-hybridized carbons (Fsp3) is 0.361. The van der Waals surface area contributed by atoms with Crippen molar-refractivity contribution in [1.29, 1.82) is 0 Å². The van der Waals surface area contributed by atoms with Crippen molar-refractivity contribution in [3.8, 4) is 0 Å². The zero-order chi connectivity index (χ0) is 32.4. The quantitative estimate of drug-likeness (QED) is 0.249. The first-order valence-corrected chi connectivity index (χ1v) is 16.6. The first-order valence-electron chi connectivity index (χ1n) is 15.8. The highest BCUT2D eigenvalue weighted by Crippen LogP contribution is 2.33. The largest absolute Gasteiger partial charge is 0.361 e. The molecule has 1 saturated heterocycles. The van der Waals surface area contributed by atoms with Crippen LogP contribution in [0.5, 0.6) is 0 Å². The zero-order valence-electron chi connectivity index (χ0n) is 26.1. The van der Waals surface area contributed by atoms with Gasteiger partial charge >= 0.3 is 0 Å². The van der Waals surface area contributed by atoms with E-state index in [0.29, 0.717) is 54.5 Å². The number of likely N-dealkylation sites (tertiary alicyclic amines) is 1. The standard InChI is InChI=1S/C36H39Cl2N5O3/c1-41(2)21-23-17-26-18-29(38)11-12-33(26)43(22-23)36(46)32(19-27-20-39-31-6-4-3-5-30(27)31)40-34(44)24-13-15-42(16-14-24)35(45)25-7-9-28(37)10-8-25/h3-12,18,20,23-24,32,39H,13-17,19,21-22H2,1-2H3,(H,40,44)/t23-,32+/m0/s1. The second kappa shape index (κ2) is 13.9. The molecule has 10 heteroatoms. The van der Waals surface area contributed by atoms with Crippen molar-refractivity contribution < 1.29 is 14.4 Å². The molecule has 46 heavy (non-hydrogen) atoms. The number of nitrogens with zero attached hydrogens (tertiary/aromatic N) is 3. The molecule has 3 heterocycles. The van der Waals surface area contributed by atoms with Gasteiger partial charge in [-0.05, 0) is 98.9 Å². The zero-order valence-corrected chi connectivity index (χ0v) is 27.7. The molecule has 8 nitrogen and oxygen atoms in total. The number of H-pyrrole nitrogens is 1. The minimum atomic E-state index is -0.776. The Morgan fingerprint density at radius 3 is 2.43 bits per heavy atom. The molecule has 6 rings (SSSR count). The van der Waals surface area contributed by atoms with Crippen molar-refractivity contribution in [2.75, 3.05) is 45.2 Å². The molecule has 3 amide bonds.